The molecule has 150 valence electrons. The number of hydrogen-bond acceptors (Lipinski definition) is 2. The van der Waals surface area contributed by atoms with Crippen molar-refractivity contribution in [3.05, 3.63) is 112 Å². The smallest absolute Gasteiger partial charge is 0.0780 e. The zero-order valence-electron chi connectivity index (χ0n) is 16.9. The van der Waals surface area contributed by atoms with Crippen LogP contribution in [0, 0.1) is 6.92 Å². The van der Waals surface area contributed by atoms with Crippen molar-refractivity contribution in [3.8, 4) is 11.3 Å². The molecule has 3 aromatic carbocycles. The van der Waals surface area contributed by atoms with Gasteiger partial charge >= 0.3 is 0 Å². The summed E-state index contributed by atoms with van der Waals surface area (Å²) >= 11 is 3.72. The van der Waals surface area contributed by atoms with Crippen LogP contribution in [0.4, 0.5) is 0 Å². The van der Waals surface area contributed by atoms with E-state index in [2.05, 4.69) is 117 Å². The fourth-order valence-electron chi connectivity index (χ4n) is 4.39. The number of hydrogen-bond donors (Lipinski definition) is 0. The van der Waals surface area contributed by atoms with Gasteiger partial charge < -0.3 is 0 Å². The lowest BCUT2D eigenvalue weighted by atomic mass is 9.93. The molecule has 0 N–H and O–H groups in total. The molecule has 1 aliphatic rings. The quantitative estimate of drug-likeness (QED) is 0.352. The van der Waals surface area contributed by atoms with Crippen LogP contribution in [-0.4, -0.2) is 27.8 Å². The predicted octanol–water partition coefficient (Wildman–Crippen LogP) is 6.27. The van der Waals surface area contributed by atoms with Gasteiger partial charge in [-0.05, 0) is 36.2 Å². The van der Waals surface area contributed by atoms with E-state index in [1.165, 1.54) is 27.9 Å². The van der Waals surface area contributed by atoms with Crippen LogP contribution >= 0.6 is 15.9 Å². The van der Waals surface area contributed by atoms with Crippen LogP contribution in [0.3, 0.4) is 0 Å². The maximum Gasteiger partial charge on any atom is 0.0780 e. The van der Waals surface area contributed by atoms with Crippen LogP contribution < -0.4 is 0 Å². The van der Waals surface area contributed by atoms with Gasteiger partial charge in [-0.1, -0.05) is 88.2 Å². The summed E-state index contributed by atoms with van der Waals surface area (Å²) in [5.41, 5.74) is 6.30. The minimum Gasteiger partial charge on any atom is -0.288 e. The third kappa shape index (κ3) is 3.62. The maximum atomic E-state index is 4.69. The summed E-state index contributed by atoms with van der Waals surface area (Å²) in [6.45, 7) is 4.09. The molecule has 0 unspecified atom stereocenters. The molecule has 0 amide bonds. The van der Waals surface area contributed by atoms with E-state index in [4.69, 9.17) is 5.10 Å². The van der Waals surface area contributed by atoms with E-state index in [1.54, 1.807) is 0 Å². The number of likely N-dealkylation sites (tertiary alicyclic amines) is 1. The highest BCUT2D eigenvalue weighted by molar-refractivity contribution is 9.10. The summed E-state index contributed by atoms with van der Waals surface area (Å²) < 4.78 is 3.31. The molecule has 0 atom stereocenters. The Labute approximate surface area is 186 Å². The number of rotatable bonds is 5. The Morgan fingerprint density at radius 3 is 2.13 bits per heavy atom. The molecule has 0 aliphatic carbocycles. The zero-order chi connectivity index (χ0) is 20.5. The first-order chi connectivity index (χ1) is 14.7. The van der Waals surface area contributed by atoms with Gasteiger partial charge in [-0.25, -0.2) is 0 Å². The average molecular weight is 458 g/mol. The molecule has 2 heterocycles. The highest BCUT2D eigenvalue weighted by atomic mass is 79.9. The SMILES string of the molecule is Cc1ccc(Br)c(-c2ccnn2C2CN(C(c3ccccc3)c3ccccc3)C2)c1. The summed E-state index contributed by atoms with van der Waals surface area (Å²) in [7, 11) is 0. The van der Waals surface area contributed by atoms with Crippen molar-refractivity contribution in [2.75, 3.05) is 13.1 Å². The van der Waals surface area contributed by atoms with E-state index in [0.717, 1.165) is 17.6 Å². The van der Waals surface area contributed by atoms with Gasteiger partial charge in [-0.3, -0.25) is 9.58 Å². The Kier molecular flexibility index (Phi) is 5.28. The van der Waals surface area contributed by atoms with E-state index in [-0.39, 0.29) is 6.04 Å². The van der Waals surface area contributed by atoms with E-state index in [1.807, 2.05) is 6.20 Å². The molecule has 3 nitrogen and oxygen atoms in total. The summed E-state index contributed by atoms with van der Waals surface area (Å²) in [4.78, 5) is 2.55. The van der Waals surface area contributed by atoms with Crippen molar-refractivity contribution >= 4 is 15.9 Å². The Morgan fingerprint density at radius 1 is 0.867 bits per heavy atom. The van der Waals surface area contributed by atoms with Crippen LogP contribution in [0.15, 0.2) is 95.6 Å². The van der Waals surface area contributed by atoms with E-state index < -0.39 is 0 Å². The zero-order valence-corrected chi connectivity index (χ0v) is 18.5. The van der Waals surface area contributed by atoms with Crippen LogP contribution in [-0.2, 0) is 0 Å². The second kappa shape index (κ2) is 8.21. The van der Waals surface area contributed by atoms with Crippen LogP contribution in [0.2, 0.25) is 0 Å². The van der Waals surface area contributed by atoms with Gasteiger partial charge in [0.25, 0.3) is 0 Å². The fourth-order valence-corrected chi connectivity index (χ4v) is 4.84. The van der Waals surface area contributed by atoms with Crippen LogP contribution in [0.25, 0.3) is 11.3 Å². The van der Waals surface area contributed by atoms with E-state index in [0.29, 0.717) is 6.04 Å². The minimum atomic E-state index is 0.272. The van der Waals surface area contributed by atoms with E-state index >= 15 is 0 Å². The van der Waals surface area contributed by atoms with Crippen molar-refractivity contribution in [1.29, 1.82) is 0 Å². The van der Waals surface area contributed by atoms with E-state index in [9.17, 15) is 0 Å². The lowest BCUT2D eigenvalue weighted by Crippen LogP contribution is -2.50. The van der Waals surface area contributed by atoms with Crippen molar-refractivity contribution in [2.24, 2.45) is 0 Å². The van der Waals surface area contributed by atoms with Crippen LogP contribution in [0.5, 0.6) is 0 Å². The molecule has 1 aliphatic heterocycles. The van der Waals surface area contributed by atoms with Crippen molar-refractivity contribution in [3.63, 3.8) is 0 Å². The molecular formula is C26H24BrN3. The van der Waals surface area contributed by atoms with Gasteiger partial charge in [0.05, 0.1) is 17.8 Å². The standard InChI is InChI=1S/C26H24BrN3/c1-19-12-13-24(27)23(16-19)25-14-15-28-30(25)22-17-29(18-22)26(20-8-4-2-5-9-20)21-10-6-3-7-11-21/h2-16,22,26H,17-18H2,1H3. The Bertz CT molecular complexity index is 1090. The molecule has 0 radical (unpaired) electrons. The molecule has 0 saturated carbocycles. The highest BCUT2D eigenvalue weighted by Crippen LogP contribution is 2.38. The topological polar surface area (TPSA) is 21.1 Å². The largest absolute Gasteiger partial charge is 0.288 e. The molecule has 4 aromatic rings. The predicted molar refractivity (Wildman–Crippen MR) is 125 cm³/mol. The Hall–Kier alpha value is -2.69. The van der Waals surface area contributed by atoms with Crippen LogP contribution in [0.1, 0.15) is 28.8 Å². The van der Waals surface area contributed by atoms with Gasteiger partial charge in [0, 0.05) is 29.3 Å². The first-order valence-electron chi connectivity index (χ1n) is 10.3. The number of aromatic nitrogens is 2. The molecule has 5 rings (SSSR count). The van der Waals surface area contributed by atoms with Gasteiger partial charge in [-0.2, -0.15) is 5.10 Å². The summed E-state index contributed by atoms with van der Waals surface area (Å²) in [5, 5.41) is 4.69. The monoisotopic (exact) mass is 457 g/mol. The number of benzene rings is 3. The summed E-state index contributed by atoms with van der Waals surface area (Å²) in [5.74, 6) is 0. The molecule has 1 aromatic heterocycles. The molecule has 4 heteroatoms. The number of nitrogens with zero attached hydrogens (tertiary/aromatic N) is 3. The highest BCUT2D eigenvalue weighted by Gasteiger charge is 2.36. The minimum absolute atomic E-state index is 0.272. The lowest BCUT2D eigenvalue weighted by molar-refractivity contribution is 0.0692. The lowest BCUT2D eigenvalue weighted by Gasteiger charge is -2.45. The van der Waals surface area contributed by atoms with Gasteiger partial charge in [-0.15, -0.1) is 0 Å². The summed E-state index contributed by atoms with van der Waals surface area (Å²) in [6.07, 6.45) is 1.92. The fraction of sp³-hybridized carbons (Fsp3) is 0.192. The second-order valence-corrected chi connectivity index (χ2v) is 8.83. The van der Waals surface area contributed by atoms with Gasteiger partial charge in [0.15, 0.2) is 0 Å². The van der Waals surface area contributed by atoms with Crippen molar-refractivity contribution < 1.29 is 0 Å². The third-order valence-corrected chi connectivity index (χ3v) is 6.59. The molecule has 0 bridgehead atoms. The Morgan fingerprint density at radius 2 is 1.50 bits per heavy atom. The van der Waals surface area contributed by atoms with Gasteiger partial charge in [0.2, 0.25) is 0 Å². The van der Waals surface area contributed by atoms with Gasteiger partial charge in [0.1, 0.15) is 0 Å². The normalized spacial score (nSPS) is 14.8. The summed E-state index contributed by atoms with van der Waals surface area (Å²) in [6, 6.07) is 30.8. The van der Waals surface area contributed by atoms with Crippen molar-refractivity contribution in [2.45, 2.75) is 19.0 Å². The first-order valence-corrected chi connectivity index (χ1v) is 11.1. The average Bonchev–Trinajstić information content (AvgIpc) is 3.22. The number of halogens is 1. The third-order valence-electron chi connectivity index (χ3n) is 5.90. The molecule has 0 spiro atoms. The molecule has 30 heavy (non-hydrogen) atoms. The molecule has 1 saturated heterocycles. The second-order valence-electron chi connectivity index (χ2n) is 7.98. The number of aryl methyl sites for hydroxylation is 1. The Balaban J connectivity index is 1.42. The molecular weight excluding hydrogens is 434 g/mol. The molecule has 1 fully saturated rings. The first kappa shape index (κ1) is 19.3. The maximum absolute atomic E-state index is 4.69. The van der Waals surface area contributed by atoms with Crippen molar-refractivity contribution in [1.82, 2.24) is 14.7 Å².